The summed E-state index contributed by atoms with van der Waals surface area (Å²) in [7, 11) is 0. The van der Waals surface area contributed by atoms with Crippen molar-refractivity contribution in [3.8, 4) is 11.5 Å². The van der Waals surface area contributed by atoms with Crippen LogP contribution in [0.25, 0.3) is 0 Å². The second-order valence-corrected chi connectivity index (χ2v) is 12.2. The van der Waals surface area contributed by atoms with Crippen LogP contribution in [0, 0.1) is 17.3 Å². The van der Waals surface area contributed by atoms with Gasteiger partial charge in [0.05, 0.1) is 0 Å². The van der Waals surface area contributed by atoms with Gasteiger partial charge >= 0.3 is 5.97 Å². The van der Waals surface area contributed by atoms with E-state index >= 15 is 0 Å². The summed E-state index contributed by atoms with van der Waals surface area (Å²) in [6, 6.07) is 4.01. The molecule has 2 unspecified atom stereocenters. The van der Waals surface area contributed by atoms with E-state index in [1.807, 2.05) is 18.2 Å². The van der Waals surface area contributed by atoms with Gasteiger partial charge in [0.15, 0.2) is 11.6 Å². The van der Waals surface area contributed by atoms with Crippen molar-refractivity contribution < 1.29 is 29.0 Å². The number of carboxylic acid groups (broad SMARTS) is 1. The number of allylic oxidation sites excluding steroid dienone is 1. The van der Waals surface area contributed by atoms with Gasteiger partial charge in [-0.15, -0.1) is 0 Å². The van der Waals surface area contributed by atoms with E-state index in [4.69, 9.17) is 9.47 Å². The average molecular weight is 513 g/mol. The van der Waals surface area contributed by atoms with Gasteiger partial charge in [-0.05, 0) is 67.1 Å². The summed E-state index contributed by atoms with van der Waals surface area (Å²) in [6.45, 7) is 13.6. The highest BCUT2D eigenvalue weighted by atomic mass is 16.5. The maximum Gasteiger partial charge on any atom is 0.331 e. The molecule has 0 heterocycles. The minimum Gasteiger partial charge on any atom is -0.485 e. The van der Waals surface area contributed by atoms with Crippen molar-refractivity contribution in [2.24, 2.45) is 17.3 Å². The highest BCUT2D eigenvalue weighted by molar-refractivity contribution is 5.88. The third-order valence-electron chi connectivity index (χ3n) is 8.49. The Morgan fingerprint density at radius 3 is 2.03 bits per heavy atom. The number of hydrogen-bond acceptors (Lipinski definition) is 5. The second-order valence-electron chi connectivity index (χ2n) is 12.2. The molecule has 1 fully saturated rings. The molecule has 0 radical (unpaired) electrons. The molecule has 37 heavy (non-hydrogen) atoms. The molecule has 204 valence electrons. The lowest BCUT2D eigenvalue weighted by Gasteiger charge is -2.58. The van der Waals surface area contributed by atoms with Crippen LogP contribution in [-0.2, 0) is 19.8 Å². The number of carbonyl (C=O) groups is 3. The molecule has 0 aliphatic heterocycles. The van der Waals surface area contributed by atoms with Crippen molar-refractivity contribution in [3.63, 3.8) is 0 Å². The Morgan fingerprint density at radius 2 is 1.57 bits per heavy atom. The van der Waals surface area contributed by atoms with E-state index < -0.39 is 5.97 Å². The largest absolute Gasteiger partial charge is 0.485 e. The van der Waals surface area contributed by atoms with E-state index in [0.29, 0.717) is 17.1 Å². The summed E-state index contributed by atoms with van der Waals surface area (Å²) in [5.74, 6) is -0.0597. The zero-order valence-electron chi connectivity index (χ0n) is 23.6. The summed E-state index contributed by atoms with van der Waals surface area (Å²) in [5.41, 5.74) is 1.81. The number of rotatable bonds is 14. The molecular formula is C31H44O6. The molecule has 0 spiro atoms. The number of carbonyl (C=O) groups excluding carboxylic acids is 2. The first-order valence-electron chi connectivity index (χ1n) is 13.7. The summed E-state index contributed by atoms with van der Waals surface area (Å²) in [5, 5.41) is 9.97. The molecule has 1 N–H and O–H groups in total. The maximum atomic E-state index is 12.2. The van der Waals surface area contributed by atoms with Crippen LogP contribution in [0.3, 0.4) is 0 Å². The number of hydrogen-bond donors (Lipinski definition) is 1. The molecule has 0 saturated heterocycles. The Balaban J connectivity index is 2.15. The van der Waals surface area contributed by atoms with Crippen molar-refractivity contribution >= 4 is 17.5 Å². The molecule has 2 bridgehead atoms. The number of aliphatic carboxylic acids is 1. The number of unbranched alkanes of at least 4 members (excludes halogenated alkanes) is 3. The van der Waals surface area contributed by atoms with Crippen LogP contribution in [0.15, 0.2) is 23.8 Å². The number of fused-ring (bicyclic) bond motifs is 1. The van der Waals surface area contributed by atoms with Crippen molar-refractivity contribution in [2.45, 2.75) is 98.3 Å². The number of Topliss-reactive ketones (excluding diaryl/α,β-unsaturated/α-hetero) is 2. The van der Waals surface area contributed by atoms with Gasteiger partial charge in [-0.25, -0.2) is 4.79 Å². The molecule has 1 saturated carbocycles. The fourth-order valence-electron chi connectivity index (χ4n) is 6.08. The van der Waals surface area contributed by atoms with Crippen LogP contribution in [-0.4, -0.2) is 35.9 Å². The normalized spacial score (nSPS) is 22.0. The van der Waals surface area contributed by atoms with Crippen molar-refractivity contribution in [2.75, 3.05) is 13.2 Å². The lowest BCUT2D eigenvalue weighted by molar-refractivity contribution is -0.137. The van der Waals surface area contributed by atoms with Gasteiger partial charge in [-0.2, -0.15) is 0 Å². The van der Waals surface area contributed by atoms with E-state index in [9.17, 15) is 19.5 Å². The van der Waals surface area contributed by atoms with Gasteiger partial charge in [-0.1, -0.05) is 66.4 Å². The van der Waals surface area contributed by atoms with E-state index in [0.717, 1.165) is 30.4 Å². The first-order chi connectivity index (χ1) is 17.3. The van der Waals surface area contributed by atoms with Gasteiger partial charge in [-0.3, -0.25) is 9.59 Å². The third kappa shape index (κ3) is 6.27. The van der Waals surface area contributed by atoms with Crippen LogP contribution in [0.2, 0.25) is 0 Å². The lowest BCUT2D eigenvalue weighted by Crippen LogP contribution is -2.52. The maximum absolute atomic E-state index is 12.2. The fraction of sp³-hybridized carbons (Fsp3) is 0.645. The van der Waals surface area contributed by atoms with Crippen molar-refractivity contribution in [1.29, 1.82) is 0 Å². The summed E-state index contributed by atoms with van der Waals surface area (Å²) >= 11 is 0. The zero-order valence-corrected chi connectivity index (χ0v) is 23.6. The molecular weight excluding hydrogens is 468 g/mol. The summed E-state index contributed by atoms with van der Waals surface area (Å²) in [4.78, 5) is 36.0. The number of ether oxygens (including phenoxy) is 2. The number of benzene rings is 1. The Kier molecular flexibility index (Phi) is 8.92. The van der Waals surface area contributed by atoms with Gasteiger partial charge in [0.2, 0.25) is 0 Å². The summed E-state index contributed by atoms with van der Waals surface area (Å²) in [6.07, 6.45) is 8.24. The topological polar surface area (TPSA) is 89.9 Å². The standard InChI is InChI=1S/C31H44O6/c1-8-9-10-11-12-30(4,5)21-13-26(36-17-19(2)32)28(27(14-21)37-18-20(3)33)22-15-23(29(34)35)25-16-24(22)31(25,6)7/h13-15,22,24-25H,8-12,16-18H2,1-7H3,(H,34,35)/t22-,24?,25?/m0/s1. The van der Waals surface area contributed by atoms with Gasteiger partial charge in [0.25, 0.3) is 0 Å². The van der Waals surface area contributed by atoms with Crippen LogP contribution < -0.4 is 9.47 Å². The molecule has 0 amide bonds. The van der Waals surface area contributed by atoms with Crippen LogP contribution in [0.1, 0.15) is 104 Å². The molecule has 3 atom stereocenters. The fourth-order valence-corrected chi connectivity index (χ4v) is 6.08. The molecule has 4 rings (SSSR count). The lowest BCUT2D eigenvalue weighted by atomic mass is 9.45. The van der Waals surface area contributed by atoms with Crippen LogP contribution in [0.4, 0.5) is 0 Å². The van der Waals surface area contributed by atoms with Crippen LogP contribution in [0.5, 0.6) is 11.5 Å². The Morgan fingerprint density at radius 1 is 1.00 bits per heavy atom. The molecule has 6 heteroatoms. The number of ketones is 2. The quantitative estimate of drug-likeness (QED) is 0.281. The predicted molar refractivity (Wildman–Crippen MR) is 144 cm³/mol. The van der Waals surface area contributed by atoms with E-state index in [1.165, 1.54) is 33.1 Å². The average Bonchev–Trinajstić information content (AvgIpc) is 2.82. The number of carboxylic acids is 1. The predicted octanol–water partition coefficient (Wildman–Crippen LogP) is 6.64. The zero-order chi connectivity index (χ0) is 27.5. The van der Waals surface area contributed by atoms with E-state index in [-0.39, 0.29) is 53.4 Å². The molecule has 6 nitrogen and oxygen atoms in total. The Hall–Kier alpha value is -2.63. The summed E-state index contributed by atoms with van der Waals surface area (Å²) < 4.78 is 12.2. The second kappa shape index (κ2) is 11.4. The van der Waals surface area contributed by atoms with Gasteiger partial charge in [0, 0.05) is 17.1 Å². The smallest absolute Gasteiger partial charge is 0.331 e. The van der Waals surface area contributed by atoms with Crippen molar-refractivity contribution in [1.82, 2.24) is 0 Å². The van der Waals surface area contributed by atoms with Gasteiger partial charge in [0.1, 0.15) is 24.7 Å². The molecule has 3 aliphatic carbocycles. The van der Waals surface area contributed by atoms with E-state index in [2.05, 4.69) is 34.6 Å². The SMILES string of the molecule is CCCCCCC(C)(C)c1cc(OCC(C)=O)c([C@H]2C=C(C(=O)O)C3CC2C3(C)C)c(OCC(C)=O)c1. The molecule has 1 aromatic rings. The molecule has 3 aliphatic rings. The monoisotopic (exact) mass is 512 g/mol. The van der Waals surface area contributed by atoms with Crippen molar-refractivity contribution in [3.05, 3.63) is 34.9 Å². The Labute approximate surface area is 221 Å². The van der Waals surface area contributed by atoms with E-state index in [1.54, 1.807) is 0 Å². The minimum absolute atomic E-state index is 0.00996. The molecule has 1 aromatic carbocycles. The minimum atomic E-state index is -0.900. The first kappa shape index (κ1) is 28.9. The Bertz CT molecular complexity index is 1020. The van der Waals surface area contributed by atoms with Crippen LogP contribution >= 0.6 is 0 Å². The third-order valence-corrected chi connectivity index (χ3v) is 8.49. The first-order valence-corrected chi connectivity index (χ1v) is 13.7. The van der Waals surface area contributed by atoms with Gasteiger partial charge < -0.3 is 14.6 Å². The highest BCUT2D eigenvalue weighted by Gasteiger charge is 2.57. The molecule has 0 aromatic heterocycles. The highest BCUT2D eigenvalue weighted by Crippen LogP contribution is 2.65.